The highest BCUT2D eigenvalue weighted by molar-refractivity contribution is 6.30. The topological polar surface area (TPSA) is 50.7 Å². The number of hydrogen-bond acceptors (Lipinski definition) is 4. The third kappa shape index (κ3) is 4.45. The molecule has 0 saturated carbocycles. The van der Waals surface area contributed by atoms with Gasteiger partial charge in [-0.15, -0.1) is 0 Å². The van der Waals surface area contributed by atoms with Crippen molar-refractivity contribution in [3.05, 3.63) is 71.0 Å². The third-order valence-corrected chi connectivity index (χ3v) is 3.55. The van der Waals surface area contributed by atoms with Crippen molar-refractivity contribution in [2.45, 2.75) is 12.7 Å². The molecule has 1 N–H and O–H groups in total. The van der Waals surface area contributed by atoms with Gasteiger partial charge in [-0.05, 0) is 29.8 Å². The maximum absolute atomic E-state index is 13.1. The maximum Gasteiger partial charge on any atom is 0.433 e. The molecule has 3 rings (SSSR count). The highest BCUT2D eigenvalue weighted by Crippen LogP contribution is 2.30. The normalized spacial score (nSPS) is 11.4. The van der Waals surface area contributed by atoms with Crippen LogP contribution in [0.15, 0.2) is 54.7 Å². The van der Waals surface area contributed by atoms with Gasteiger partial charge < -0.3 is 5.32 Å². The number of aromatic nitrogens is 3. The molecule has 3 aromatic rings. The van der Waals surface area contributed by atoms with Crippen LogP contribution in [0.3, 0.4) is 0 Å². The average Bonchev–Trinajstić information content (AvgIpc) is 2.61. The molecule has 0 radical (unpaired) electrons. The SMILES string of the molecule is FC(F)(F)c1cc(NCc2ccc(Cl)cc2)nc(-c2ccccn2)n1. The number of nitrogens with one attached hydrogen (secondary N) is 1. The Kier molecular flexibility index (Phi) is 4.85. The average molecular weight is 365 g/mol. The first-order valence-electron chi connectivity index (χ1n) is 7.28. The first kappa shape index (κ1) is 17.2. The summed E-state index contributed by atoms with van der Waals surface area (Å²) in [4.78, 5) is 11.7. The van der Waals surface area contributed by atoms with E-state index in [1.807, 2.05) is 0 Å². The van der Waals surface area contributed by atoms with Crippen molar-refractivity contribution >= 4 is 17.4 Å². The molecule has 2 aromatic heterocycles. The number of halogens is 4. The molecule has 0 saturated heterocycles. The minimum atomic E-state index is -4.58. The van der Waals surface area contributed by atoms with Gasteiger partial charge in [-0.1, -0.05) is 29.8 Å². The van der Waals surface area contributed by atoms with Gasteiger partial charge in [0.05, 0.1) is 0 Å². The van der Waals surface area contributed by atoms with Crippen molar-refractivity contribution in [3.8, 4) is 11.5 Å². The molecule has 0 aliphatic heterocycles. The molecule has 0 bridgehead atoms. The third-order valence-electron chi connectivity index (χ3n) is 3.30. The fraction of sp³-hybridized carbons (Fsp3) is 0.118. The van der Waals surface area contributed by atoms with Gasteiger partial charge in [0.2, 0.25) is 0 Å². The molecule has 0 fully saturated rings. The number of alkyl halides is 3. The molecule has 0 amide bonds. The summed E-state index contributed by atoms with van der Waals surface area (Å²) in [5.74, 6) is -0.0213. The Hall–Kier alpha value is -2.67. The van der Waals surface area contributed by atoms with Crippen LogP contribution in [0.2, 0.25) is 5.02 Å². The number of hydrogen-bond donors (Lipinski definition) is 1. The minimum Gasteiger partial charge on any atom is -0.366 e. The zero-order valence-electron chi connectivity index (χ0n) is 12.8. The van der Waals surface area contributed by atoms with E-state index < -0.39 is 11.9 Å². The number of pyridine rings is 1. The number of rotatable bonds is 4. The Morgan fingerprint density at radius 3 is 2.40 bits per heavy atom. The van der Waals surface area contributed by atoms with E-state index in [0.29, 0.717) is 11.6 Å². The Bertz CT molecular complexity index is 852. The van der Waals surface area contributed by atoms with Crippen molar-refractivity contribution in [3.63, 3.8) is 0 Å². The summed E-state index contributed by atoms with van der Waals surface area (Å²) in [6.07, 6.45) is -3.11. The first-order valence-corrected chi connectivity index (χ1v) is 7.65. The first-order chi connectivity index (χ1) is 11.9. The summed E-state index contributed by atoms with van der Waals surface area (Å²) >= 11 is 5.82. The Morgan fingerprint density at radius 1 is 1.00 bits per heavy atom. The fourth-order valence-electron chi connectivity index (χ4n) is 2.09. The zero-order chi connectivity index (χ0) is 17.9. The van der Waals surface area contributed by atoms with Crippen LogP contribution in [0.5, 0.6) is 0 Å². The van der Waals surface area contributed by atoms with E-state index >= 15 is 0 Å². The minimum absolute atomic E-state index is 0.0675. The Balaban J connectivity index is 1.91. The highest BCUT2D eigenvalue weighted by Gasteiger charge is 2.34. The summed E-state index contributed by atoms with van der Waals surface area (Å²) in [5.41, 5.74) is 0.0980. The summed E-state index contributed by atoms with van der Waals surface area (Å²) in [5, 5.41) is 3.47. The van der Waals surface area contributed by atoms with Gasteiger partial charge in [-0.2, -0.15) is 13.2 Å². The molecule has 128 valence electrons. The van der Waals surface area contributed by atoms with E-state index in [1.54, 1.807) is 42.5 Å². The molecular formula is C17H12ClF3N4. The lowest BCUT2D eigenvalue weighted by Crippen LogP contribution is -2.12. The van der Waals surface area contributed by atoms with Gasteiger partial charge in [-0.25, -0.2) is 9.97 Å². The van der Waals surface area contributed by atoms with Crippen LogP contribution in [0, 0.1) is 0 Å². The summed E-state index contributed by atoms with van der Waals surface area (Å²) in [6.45, 7) is 0.299. The monoisotopic (exact) mass is 364 g/mol. The van der Waals surface area contributed by atoms with Gasteiger partial charge in [0.1, 0.15) is 11.5 Å². The predicted octanol–water partition coefficient (Wildman–Crippen LogP) is 4.82. The zero-order valence-corrected chi connectivity index (χ0v) is 13.5. The van der Waals surface area contributed by atoms with Crippen LogP contribution >= 0.6 is 11.6 Å². The van der Waals surface area contributed by atoms with E-state index in [2.05, 4.69) is 20.3 Å². The number of nitrogens with zero attached hydrogens (tertiary/aromatic N) is 3. The van der Waals surface area contributed by atoms with E-state index in [0.717, 1.165) is 11.6 Å². The van der Waals surface area contributed by atoms with Crippen LogP contribution in [-0.4, -0.2) is 15.0 Å². The molecule has 4 nitrogen and oxygen atoms in total. The van der Waals surface area contributed by atoms with Crippen LogP contribution < -0.4 is 5.32 Å². The van der Waals surface area contributed by atoms with Gasteiger partial charge in [0.25, 0.3) is 0 Å². The van der Waals surface area contributed by atoms with Gasteiger partial charge in [0, 0.05) is 23.8 Å². The van der Waals surface area contributed by atoms with Crippen LogP contribution in [0.4, 0.5) is 19.0 Å². The summed E-state index contributed by atoms with van der Waals surface area (Å²) in [6, 6.07) is 12.7. The summed E-state index contributed by atoms with van der Waals surface area (Å²) in [7, 11) is 0. The molecule has 0 spiro atoms. The van der Waals surface area contributed by atoms with Crippen molar-refractivity contribution in [2.24, 2.45) is 0 Å². The summed E-state index contributed by atoms with van der Waals surface area (Å²) < 4.78 is 39.4. The second-order valence-electron chi connectivity index (χ2n) is 5.15. The van der Waals surface area contributed by atoms with Crippen LogP contribution in [0.1, 0.15) is 11.3 Å². The molecule has 0 aliphatic rings. The number of benzene rings is 1. The smallest absolute Gasteiger partial charge is 0.366 e. The fourth-order valence-corrected chi connectivity index (χ4v) is 2.21. The number of anilines is 1. The molecule has 0 atom stereocenters. The van der Waals surface area contributed by atoms with E-state index in [-0.39, 0.29) is 17.3 Å². The lowest BCUT2D eigenvalue weighted by molar-refractivity contribution is -0.141. The van der Waals surface area contributed by atoms with Crippen molar-refractivity contribution in [1.82, 2.24) is 15.0 Å². The van der Waals surface area contributed by atoms with Crippen molar-refractivity contribution in [2.75, 3.05) is 5.32 Å². The Morgan fingerprint density at radius 2 is 1.76 bits per heavy atom. The second kappa shape index (κ2) is 7.06. The molecule has 25 heavy (non-hydrogen) atoms. The van der Waals surface area contributed by atoms with E-state index in [9.17, 15) is 13.2 Å². The van der Waals surface area contributed by atoms with Crippen LogP contribution in [0.25, 0.3) is 11.5 Å². The quantitative estimate of drug-likeness (QED) is 0.721. The van der Waals surface area contributed by atoms with E-state index in [4.69, 9.17) is 11.6 Å². The predicted molar refractivity (Wildman–Crippen MR) is 89.0 cm³/mol. The van der Waals surface area contributed by atoms with Crippen LogP contribution in [-0.2, 0) is 12.7 Å². The van der Waals surface area contributed by atoms with Crippen molar-refractivity contribution < 1.29 is 13.2 Å². The maximum atomic E-state index is 13.1. The van der Waals surface area contributed by atoms with Gasteiger partial charge in [-0.3, -0.25) is 4.98 Å². The molecule has 0 unspecified atom stereocenters. The molecule has 8 heteroatoms. The van der Waals surface area contributed by atoms with Gasteiger partial charge in [0.15, 0.2) is 11.5 Å². The standard InChI is InChI=1S/C17H12ClF3N4/c18-12-6-4-11(5-7-12)10-23-15-9-14(17(19,20)21)24-16(25-15)13-3-1-2-8-22-13/h1-9H,10H2,(H,23,24,25). The largest absolute Gasteiger partial charge is 0.433 e. The molecule has 1 aromatic carbocycles. The van der Waals surface area contributed by atoms with Gasteiger partial charge >= 0.3 is 6.18 Å². The lowest BCUT2D eigenvalue weighted by Gasteiger charge is -2.12. The second-order valence-corrected chi connectivity index (χ2v) is 5.59. The molecular weight excluding hydrogens is 353 g/mol. The van der Waals surface area contributed by atoms with Crippen molar-refractivity contribution in [1.29, 1.82) is 0 Å². The van der Waals surface area contributed by atoms with E-state index in [1.165, 1.54) is 6.20 Å². The highest BCUT2D eigenvalue weighted by atomic mass is 35.5. The molecule has 2 heterocycles. The lowest BCUT2D eigenvalue weighted by atomic mass is 10.2. The molecule has 0 aliphatic carbocycles. The Labute approximate surface area is 146 Å².